The maximum atomic E-state index is 12.1. The first-order chi connectivity index (χ1) is 8.43. The summed E-state index contributed by atoms with van der Waals surface area (Å²) in [6, 6.07) is 0. The van der Waals surface area contributed by atoms with Crippen molar-refractivity contribution in [3.63, 3.8) is 0 Å². The first kappa shape index (κ1) is 11.7. The van der Waals surface area contributed by atoms with Crippen molar-refractivity contribution >= 4 is 11.8 Å². The molecule has 0 radical (unpaired) electrons. The van der Waals surface area contributed by atoms with Crippen molar-refractivity contribution in [1.29, 1.82) is 0 Å². The van der Waals surface area contributed by atoms with Gasteiger partial charge in [-0.25, -0.2) is 4.79 Å². The highest BCUT2D eigenvalue weighted by Crippen LogP contribution is 2.54. The van der Waals surface area contributed by atoms with Gasteiger partial charge in [0.25, 0.3) is 0 Å². The minimum atomic E-state index is -0.213. The third-order valence-electron chi connectivity index (χ3n) is 5.07. The Balaban J connectivity index is 2.03. The van der Waals surface area contributed by atoms with Gasteiger partial charge in [-0.05, 0) is 31.8 Å². The summed E-state index contributed by atoms with van der Waals surface area (Å²) < 4.78 is 5.36. The molecule has 0 N–H and O–H groups in total. The Morgan fingerprint density at radius 3 is 2.78 bits per heavy atom. The van der Waals surface area contributed by atoms with E-state index in [1.54, 1.807) is 0 Å². The third-order valence-corrected chi connectivity index (χ3v) is 5.07. The first-order valence-electron chi connectivity index (χ1n) is 6.55. The van der Waals surface area contributed by atoms with Gasteiger partial charge in [0, 0.05) is 23.3 Å². The lowest BCUT2D eigenvalue weighted by atomic mass is 9.56. The van der Waals surface area contributed by atoms with Crippen LogP contribution >= 0.6 is 0 Å². The van der Waals surface area contributed by atoms with E-state index in [0.717, 1.165) is 29.6 Å². The summed E-state index contributed by atoms with van der Waals surface area (Å²) in [5.74, 6) is 0.0751. The van der Waals surface area contributed by atoms with Crippen molar-refractivity contribution < 1.29 is 14.3 Å². The summed E-state index contributed by atoms with van der Waals surface area (Å²) in [4.78, 5) is 23.8. The Morgan fingerprint density at radius 2 is 2.06 bits per heavy atom. The van der Waals surface area contributed by atoms with Crippen molar-refractivity contribution in [1.82, 2.24) is 0 Å². The smallest absolute Gasteiger partial charge is 0.334 e. The quantitative estimate of drug-likeness (QED) is 0.487. The number of Topliss-reactive ketones (excluding diaryl/α,β-unsaturated/α-hetero) is 1. The van der Waals surface area contributed by atoms with E-state index in [-0.39, 0.29) is 23.4 Å². The van der Waals surface area contributed by atoms with Gasteiger partial charge in [-0.1, -0.05) is 19.1 Å². The number of hydrogen-bond donors (Lipinski definition) is 0. The third kappa shape index (κ3) is 1.36. The second-order valence-corrected chi connectivity index (χ2v) is 6.00. The zero-order chi connectivity index (χ0) is 13.1. The fourth-order valence-corrected chi connectivity index (χ4v) is 3.68. The largest absolute Gasteiger partial charge is 0.454 e. The summed E-state index contributed by atoms with van der Waals surface area (Å²) >= 11 is 0. The Kier molecular flexibility index (Phi) is 2.31. The molecule has 0 spiro atoms. The van der Waals surface area contributed by atoms with Gasteiger partial charge in [-0.2, -0.15) is 0 Å². The van der Waals surface area contributed by atoms with E-state index in [9.17, 15) is 9.59 Å². The minimum absolute atomic E-state index is 0.0220. The molecule has 2 saturated carbocycles. The molecular weight excluding hydrogens is 228 g/mol. The number of ketones is 1. The molecule has 3 atom stereocenters. The van der Waals surface area contributed by atoms with Crippen LogP contribution in [-0.4, -0.2) is 17.9 Å². The summed E-state index contributed by atoms with van der Waals surface area (Å²) in [6.07, 6.45) is 2.62. The maximum absolute atomic E-state index is 12.1. The number of allylic oxidation sites excluding steroid dienone is 1. The number of carbonyl (C=O) groups excluding carboxylic acids is 2. The van der Waals surface area contributed by atoms with Gasteiger partial charge in [0.05, 0.1) is 0 Å². The van der Waals surface area contributed by atoms with Crippen molar-refractivity contribution in [3.8, 4) is 0 Å². The van der Waals surface area contributed by atoms with Crippen LogP contribution in [0.25, 0.3) is 0 Å². The average Bonchev–Trinajstić information content (AvgIpc) is 2.59. The van der Waals surface area contributed by atoms with E-state index in [4.69, 9.17) is 4.74 Å². The number of carbonyl (C=O) groups is 2. The van der Waals surface area contributed by atoms with E-state index >= 15 is 0 Å². The van der Waals surface area contributed by atoms with Crippen LogP contribution in [0.4, 0.5) is 0 Å². The maximum Gasteiger partial charge on any atom is 0.334 e. The molecule has 0 amide bonds. The van der Waals surface area contributed by atoms with Crippen LogP contribution in [0, 0.1) is 11.3 Å². The van der Waals surface area contributed by atoms with Crippen LogP contribution in [0.15, 0.2) is 23.3 Å². The van der Waals surface area contributed by atoms with Crippen molar-refractivity contribution in [3.05, 3.63) is 23.3 Å². The highest BCUT2D eigenvalue weighted by atomic mass is 16.5. The minimum Gasteiger partial charge on any atom is -0.454 e. The molecule has 0 aromatic heterocycles. The molecule has 0 aromatic carbocycles. The molecule has 96 valence electrons. The second-order valence-electron chi connectivity index (χ2n) is 6.00. The Morgan fingerprint density at radius 1 is 1.33 bits per heavy atom. The van der Waals surface area contributed by atoms with Gasteiger partial charge in [-0.3, -0.25) is 4.79 Å². The van der Waals surface area contributed by atoms with E-state index in [1.807, 2.05) is 6.92 Å². The van der Waals surface area contributed by atoms with Crippen LogP contribution in [0.1, 0.15) is 39.5 Å². The lowest BCUT2D eigenvalue weighted by Gasteiger charge is -2.47. The molecule has 2 fully saturated rings. The van der Waals surface area contributed by atoms with Crippen LogP contribution in [0.3, 0.4) is 0 Å². The fourth-order valence-electron chi connectivity index (χ4n) is 3.68. The predicted octanol–water partition coefficient (Wildman–Crippen LogP) is 2.56. The molecule has 3 heteroatoms. The summed E-state index contributed by atoms with van der Waals surface area (Å²) in [6.45, 7) is 8.11. The van der Waals surface area contributed by atoms with Gasteiger partial charge in [0.15, 0.2) is 0 Å². The monoisotopic (exact) mass is 246 g/mol. The van der Waals surface area contributed by atoms with E-state index in [2.05, 4.69) is 13.5 Å². The molecule has 3 aliphatic rings. The zero-order valence-electron chi connectivity index (χ0n) is 10.9. The van der Waals surface area contributed by atoms with Gasteiger partial charge in [-0.15, -0.1) is 0 Å². The molecule has 18 heavy (non-hydrogen) atoms. The summed E-state index contributed by atoms with van der Waals surface area (Å²) in [5.41, 5.74) is 2.82. The molecule has 1 aliphatic heterocycles. The van der Waals surface area contributed by atoms with E-state index < -0.39 is 0 Å². The number of rotatable bonds is 0. The van der Waals surface area contributed by atoms with E-state index in [0.29, 0.717) is 18.6 Å². The van der Waals surface area contributed by atoms with Gasteiger partial charge < -0.3 is 4.74 Å². The lowest BCUT2D eigenvalue weighted by Crippen LogP contribution is -2.45. The Bertz CT molecular complexity index is 500. The van der Waals surface area contributed by atoms with Crippen LogP contribution < -0.4 is 0 Å². The molecule has 2 aliphatic carbocycles. The SMILES string of the molecule is C=C1CCC(=O)[C@@H]2C[C@@H]3OC(=O)C(C)=C3C[C@]12C. The molecule has 3 rings (SSSR count). The second kappa shape index (κ2) is 3.56. The molecule has 0 unspecified atom stereocenters. The van der Waals surface area contributed by atoms with Crippen LogP contribution in [-0.2, 0) is 14.3 Å². The number of esters is 1. The van der Waals surface area contributed by atoms with Crippen molar-refractivity contribution in [2.24, 2.45) is 11.3 Å². The average molecular weight is 246 g/mol. The Hall–Kier alpha value is -1.38. The number of ether oxygens (including phenoxy) is 1. The first-order valence-corrected chi connectivity index (χ1v) is 6.55. The van der Waals surface area contributed by atoms with E-state index in [1.165, 1.54) is 0 Å². The molecule has 0 aromatic rings. The molecule has 0 saturated heterocycles. The highest BCUT2D eigenvalue weighted by molar-refractivity contribution is 5.92. The van der Waals surface area contributed by atoms with Crippen molar-refractivity contribution in [2.75, 3.05) is 0 Å². The number of fused-ring (bicyclic) bond motifs is 2. The fraction of sp³-hybridized carbons (Fsp3) is 0.600. The molecule has 3 nitrogen and oxygen atoms in total. The number of hydrogen-bond acceptors (Lipinski definition) is 3. The van der Waals surface area contributed by atoms with Gasteiger partial charge >= 0.3 is 5.97 Å². The predicted molar refractivity (Wildman–Crippen MR) is 66.8 cm³/mol. The van der Waals surface area contributed by atoms with Crippen molar-refractivity contribution in [2.45, 2.75) is 45.6 Å². The van der Waals surface area contributed by atoms with Crippen LogP contribution in [0.5, 0.6) is 0 Å². The van der Waals surface area contributed by atoms with Gasteiger partial charge in [0.1, 0.15) is 11.9 Å². The lowest BCUT2D eigenvalue weighted by molar-refractivity contribution is -0.144. The zero-order valence-corrected chi connectivity index (χ0v) is 10.9. The molecule has 0 bridgehead atoms. The highest BCUT2D eigenvalue weighted by Gasteiger charge is 2.52. The summed E-state index contributed by atoms with van der Waals surface area (Å²) in [5, 5.41) is 0. The standard InChI is InChI=1S/C15H18O3/c1-8-4-5-12(16)11-6-13-10(7-15(8,11)3)9(2)14(17)18-13/h11,13H,1,4-7H2,2-3H3/t11-,13-,15+/m0/s1. The summed E-state index contributed by atoms with van der Waals surface area (Å²) in [7, 11) is 0. The molecule has 1 heterocycles. The normalized spacial score (nSPS) is 39.6. The van der Waals surface area contributed by atoms with Crippen LogP contribution in [0.2, 0.25) is 0 Å². The topological polar surface area (TPSA) is 43.4 Å². The molecular formula is C15H18O3. The Labute approximate surface area is 107 Å². The van der Waals surface area contributed by atoms with Gasteiger partial charge in [0.2, 0.25) is 0 Å².